The predicted molar refractivity (Wildman–Crippen MR) is 86.1 cm³/mol. The Labute approximate surface area is 125 Å². The van der Waals surface area contributed by atoms with Crippen molar-refractivity contribution in [1.82, 2.24) is 0 Å². The van der Waals surface area contributed by atoms with E-state index >= 15 is 0 Å². The summed E-state index contributed by atoms with van der Waals surface area (Å²) in [4.78, 5) is 2.06. The van der Waals surface area contributed by atoms with Crippen molar-refractivity contribution in [2.24, 2.45) is 0 Å². The molecule has 0 aliphatic rings. The minimum absolute atomic E-state index is 0.496. The smallest absolute Gasteiger partial charge is 0.488 e. The second-order valence-electron chi connectivity index (χ2n) is 5.13. The molecule has 0 aromatic heterocycles. The van der Waals surface area contributed by atoms with Crippen molar-refractivity contribution >= 4 is 18.3 Å². The Morgan fingerprint density at radius 3 is 2.52 bits per heavy atom. The molecule has 0 heterocycles. The molecule has 21 heavy (non-hydrogen) atoms. The lowest BCUT2D eigenvalue weighted by molar-refractivity contribution is 0.413. The van der Waals surface area contributed by atoms with Gasteiger partial charge in [0.25, 0.3) is 0 Å². The summed E-state index contributed by atoms with van der Waals surface area (Å²) in [6.07, 6.45) is 0. The van der Waals surface area contributed by atoms with Gasteiger partial charge in [0.2, 0.25) is 0 Å². The van der Waals surface area contributed by atoms with Gasteiger partial charge >= 0.3 is 7.12 Å². The van der Waals surface area contributed by atoms with Crippen molar-refractivity contribution in [2.45, 2.75) is 13.5 Å². The molecule has 110 valence electrons. The van der Waals surface area contributed by atoms with Gasteiger partial charge < -0.3 is 19.7 Å². The number of aryl methyl sites for hydroxylation is 1. The molecule has 2 aromatic rings. The highest BCUT2D eigenvalue weighted by atomic mass is 16.5. The second-order valence-corrected chi connectivity index (χ2v) is 5.13. The summed E-state index contributed by atoms with van der Waals surface area (Å²) in [5.74, 6) is 0.701. The molecular formula is C16H20BNO3. The molecule has 2 aromatic carbocycles. The Morgan fingerprint density at radius 2 is 1.90 bits per heavy atom. The molecular weight excluding hydrogens is 265 g/mol. The summed E-state index contributed by atoms with van der Waals surface area (Å²) in [5, 5.41) is 19.0. The van der Waals surface area contributed by atoms with E-state index < -0.39 is 7.12 Å². The lowest BCUT2D eigenvalue weighted by Crippen LogP contribution is -2.35. The fourth-order valence-electron chi connectivity index (χ4n) is 2.31. The SMILES string of the molecule is COc1ccc(B(O)O)c(CN(C)c2cccc(C)c2)c1. The molecule has 0 atom stereocenters. The summed E-state index contributed by atoms with van der Waals surface area (Å²) in [5.41, 5.74) is 3.59. The van der Waals surface area contributed by atoms with Gasteiger partial charge in [0.15, 0.2) is 0 Å². The lowest BCUT2D eigenvalue weighted by Gasteiger charge is -2.22. The normalized spacial score (nSPS) is 10.3. The maximum Gasteiger partial charge on any atom is 0.488 e. The van der Waals surface area contributed by atoms with Crippen molar-refractivity contribution < 1.29 is 14.8 Å². The van der Waals surface area contributed by atoms with Crippen LogP contribution in [0.25, 0.3) is 0 Å². The molecule has 0 unspecified atom stereocenters. The van der Waals surface area contributed by atoms with Gasteiger partial charge in [-0.25, -0.2) is 0 Å². The van der Waals surface area contributed by atoms with Gasteiger partial charge in [-0.05, 0) is 47.8 Å². The molecule has 0 radical (unpaired) electrons. The average Bonchev–Trinajstić information content (AvgIpc) is 2.46. The summed E-state index contributed by atoms with van der Waals surface area (Å²) in [6, 6.07) is 13.4. The fourth-order valence-corrected chi connectivity index (χ4v) is 2.31. The number of methoxy groups -OCH3 is 1. The van der Waals surface area contributed by atoms with Crippen LogP contribution in [-0.4, -0.2) is 31.3 Å². The van der Waals surface area contributed by atoms with Crippen LogP contribution in [0.4, 0.5) is 5.69 Å². The van der Waals surface area contributed by atoms with Crippen molar-refractivity contribution in [2.75, 3.05) is 19.1 Å². The van der Waals surface area contributed by atoms with Crippen molar-refractivity contribution in [1.29, 1.82) is 0 Å². The number of rotatable bonds is 5. The average molecular weight is 285 g/mol. The second kappa shape index (κ2) is 6.65. The highest BCUT2D eigenvalue weighted by molar-refractivity contribution is 6.59. The Kier molecular flexibility index (Phi) is 4.88. The molecule has 4 nitrogen and oxygen atoms in total. The molecule has 2 N–H and O–H groups in total. The van der Waals surface area contributed by atoms with E-state index in [9.17, 15) is 10.0 Å². The first-order valence-electron chi connectivity index (χ1n) is 6.82. The molecule has 0 spiro atoms. The van der Waals surface area contributed by atoms with Gasteiger partial charge in [0, 0.05) is 19.3 Å². The molecule has 0 aliphatic carbocycles. The first kappa shape index (κ1) is 15.4. The van der Waals surface area contributed by atoms with Gasteiger partial charge in [0.1, 0.15) is 5.75 Å². The van der Waals surface area contributed by atoms with Crippen molar-refractivity contribution in [3.8, 4) is 5.75 Å². The van der Waals surface area contributed by atoms with Crippen LogP contribution in [0.2, 0.25) is 0 Å². The third-order valence-corrected chi connectivity index (χ3v) is 3.48. The van der Waals surface area contributed by atoms with E-state index in [-0.39, 0.29) is 0 Å². The van der Waals surface area contributed by atoms with E-state index in [1.54, 1.807) is 19.2 Å². The Balaban J connectivity index is 2.29. The Hall–Kier alpha value is -1.98. The third kappa shape index (κ3) is 3.77. The third-order valence-electron chi connectivity index (χ3n) is 3.48. The van der Waals surface area contributed by atoms with Crippen molar-refractivity contribution in [3.63, 3.8) is 0 Å². The van der Waals surface area contributed by atoms with Crippen LogP contribution in [0.5, 0.6) is 5.75 Å². The highest BCUT2D eigenvalue weighted by Gasteiger charge is 2.17. The molecule has 5 heteroatoms. The maximum atomic E-state index is 9.49. The van der Waals surface area contributed by atoms with Gasteiger partial charge in [-0.3, -0.25) is 0 Å². The Morgan fingerprint density at radius 1 is 1.14 bits per heavy atom. The minimum atomic E-state index is -1.49. The molecule has 2 rings (SSSR count). The minimum Gasteiger partial charge on any atom is -0.497 e. The number of ether oxygens (including phenoxy) is 1. The van der Waals surface area contributed by atoms with E-state index in [0.29, 0.717) is 17.8 Å². The van der Waals surface area contributed by atoms with Crippen molar-refractivity contribution in [3.05, 3.63) is 53.6 Å². The summed E-state index contributed by atoms with van der Waals surface area (Å²) in [7, 11) is 2.08. The molecule has 0 aliphatic heterocycles. The topological polar surface area (TPSA) is 52.9 Å². The zero-order chi connectivity index (χ0) is 15.4. The van der Waals surface area contributed by atoms with Crippen LogP contribution < -0.4 is 15.1 Å². The zero-order valence-corrected chi connectivity index (χ0v) is 12.6. The zero-order valence-electron chi connectivity index (χ0n) is 12.6. The fraction of sp³-hybridized carbons (Fsp3) is 0.250. The summed E-state index contributed by atoms with van der Waals surface area (Å²) < 4.78 is 5.21. The van der Waals surface area contributed by atoms with Crippen LogP contribution in [-0.2, 0) is 6.54 Å². The quantitative estimate of drug-likeness (QED) is 0.814. The van der Waals surface area contributed by atoms with Crippen LogP contribution in [0.15, 0.2) is 42.5 Å². The number of benzene rings is 2. The van der Waals surface area contributed by atoms with E-state index in [1.165, 1.54) is 5.56 Å². The number of hydrogen-bond acceptors (Lipinski definition) is 4. The summed E-state index contributed by atoms with van der Waals surface area (Å²) in [6.45, 7) is 2.61. The first-order chi connectivity index (χ1) is 10.0. The van der Waals surface area contributed by atoms with E-state index in [0.717, 1.165) is 11.3 Å². The maximum absolute atomic E-state index is 9.49. The van der Waals surface area contributed by atoms with E-state index in [4.69, 9.17) is 4.74 Å². The molecule has 0 saturated carbocycles. The molecule has 0 bridgehead atoms. The lowest BCUT2D eigenvalue weighted by atomic mass is 9.77. The molecule has 0 fully saturated rings. The summed E-state index contributed by atoms with van der Waals surface area (Å²) >= 11 is 0. The largest absolute Gasteiger partial charge is 0.497 e. The van der Waals surface area contributed by atoms with Gasteiger partial charge in [0.05, 0.1) is 7.11 Å². The van der Waals surface area contributed by atoms with E-state index in [2.05, 4.69) is 11.0 Å². The number of anilines is 1. The van der Waals surface area contributed by atoms with Gasteiger partial charge in [-0.15, -0.1) is 0 Å². The van der Waals surface area contributed by atoms with Crippen LogP contribution in [0.3, 0.4) is 0 Å². The van der Waals surface area contributed by atoms with Crippen LogP contribution in [0, 0.1) is 6.92 Å². The number of hydrogen-bond donors (Lipinski definition) is 2. The van der Waals surface area contributed by atoms with E-state index in [1.807, 2.05) is 38.2 Å². The van der Waals surface area contributed by atoms with Gasteiger partial charge in [-0.2, -0.15) is 0 Å². The standard InChI is InChI=1S/C16H20BNO3/c1-12-5-4-6-14(9-12)18(2)11-13-10-15(21-3)7-8-16(13)17(19)20/h4-10,19-20H,11H2,1-3H3. The first-order valence-corrected chi connectivity index (χ1v) is 6.82. The number of nitrogens with zero attached hydrogens (tertiary/aromatic N) is 1. The Bertz CT molecular complexity index is 616. The molecule has 0 saturated heterocycles. The van der Waals surface area contributed by atoms with Gasteiger partial charge in [-0.1, -0.05) is 18.2 Å². The van der Waals surface area contributed by atoms with Crippen LogP contribution >= 0.6 is 0 Å². The predicted octanol–water partition coefficient (Wildman–Crippen LogP) is 1.32. The highest BCUT2D eigenvalue weighted by Crippen LogP contribution is 2.18. The van der Waals surface area contributed by atoms with Crippen LogP contribution in [0.1, 0.15) is 11.1 Å². The molecule has 0 amide bonds. The monoisotopic (exact) mass is 285 g/mol.